The van der Waals surface area contributed by atoms with Crippen LogP contribution in [-0.2, 0) is 29.1 Å². The van der Waals surface area contributed by atoms with Crippen LogP contribution in [0, 0.1) is 0 Å². The summed E-state index contributed by atoms with van der Waals surface area (Å²) in [5, 5.41) is 4.23. The molecule has 5 rings (SSSR count). The molecule has 0 saturated heterocycles. The molecule has 0 aromatic carbocycles. The maximum Gasteiger partial charge on any atom is 0.263 e. The van der Waals surface area contributed by atoms with Crippen molar-refractivity contribution in [3.05, 3.63) is 45.0 Å². The lowest BCUT2D eigenvalue weighted by Gasteiger charge is -2.25. The van der Waals surface area contributed by atoms with Gasteiger partial charge in [0.25, 0.3) is 5.56 Å². The van der Waals surface area contributed by atoms with Gasteiger partial charge in [-0.15, -0.1) is 11.3 Å². The first-order valence-corrected chi connectivity index (χ1v) is 13.0. The first kappa shape index (κ1) is 22.2. The number of nitrogens with one attached hydrogen (secondary N) is 1. The summed E-state index contributed by atoms with van der Waals surface area (Å²) in [5.74, 6) is 0.858. The monoisotopic (exact) mass is 486 g/mol. The van der Waals surface area contributed by atoms with Crippen molar-refractivity contribution in [1.29, 1.82) is 0 Å². The molecule has 1 aliphatic carbocycles. The first-order chi connectivity index (χ1) is 16.0. The number of thioether (sulfide) groups is 1. The van der Waals surface area contributed by atoms with E-state index in [1.54, 1.807) is 28.7 Å². The third-order valence-electron chi connectivity index (χ3n) is 6.32. The van der Waals surface area contributed by atoms with Gasteiger partial charge >= 0.3 is 0 Å². The Kier molecular flexibility index (Phi) is 6.29. The highest BCUT2D eigenvalue weighted by molar-refractivity contribution is 7.99. The zero-order valence-electron chi connectivity index (χ0n) is 18.5. The van der Waals surface area contributed by atoms with Crippen LogP contribution in [0.25, 0.3) is 10.2 Å². The quantitative estimate of drug-likeness (QED) is 0.425. The molecule has 0 atom stereocenters. The minimum atomic E-state index is -0.121. The summed E-state index contributed by atoms with van der Waals surface area (Å²) in [4.78, 5) is 46.3. The zero-order valence-corrected chi connectivity index (χ0v) is 20.1. The van der Waals surface area contributed by atoms with Gasteiger partial charge < -0.3 is 14.6 Å². The number of thiophene rings is 1. The van der Waals surface area contributed by atoms with Crippen LogP contribution in [0.5, 0.6) is 0 Å². The van der Waals surface area contributed by atoms with Crippen LogP contribution in [0.15, 0.2) is 32.8 Å². The SMILES string of the molecule is CC(=O)N1CCc2c(sc3nc(SCC(=O)NC4CCCC4)n(Cc4ccco4)c(=O)c23)C1. The number of amides is 2. The molecule has 174 valence electrons. The molecule has 3 aromatic heterocycles. The second kappa shape index (κ2) is 9.34. The average molecular weight is 487 g/mol. The number of rotatable bonds is 6. The molecule has 1 aliphatic heterocycles. The number of hydrogen-bond acceptors (Lipinski definition) is 7. The number of hydrogen-bond donors (Lipinski definition) is 1. The summed E-state index contributed by atoms with van der Waals surface area (Å²) in [6, 6.07) is 3.87. The van der Waals surface area contributed by atoms with Crippen molar-refractivity contribution in [2.75, 3.05) is 12.3 Å². The molecule has 4 heterocycles. The molecule has 0 radical (unpaired) electrons. The zero-order chi connectivity index (χ0) is 22.9. The summed E-state index contributed by atoms with van der Waals surface area (Å²) in [6.07, 6.45) is 6.59. The number of nitrogens with zero attached hydrogens (tertiary/aromatic N) is 3. The molecule has 0 unspecified atom stereocenters. The second-order valence-corrected chi connectivity index (χ2v) is 10.6. The fourth-order valence-corrected chi connectivity index (χ4v) is 6.69. The van der Waals surface area contributed by atoms with Crippen molar-refractivity contribution in [3.63, 3.8) is 0 Å². The van der Waals surface area contributed by atoms with E-state index in [0.717, 1.165) is 36.1 Å². The molecule has 2 amide bonds. The molecule has 1 saturated carbocycles. The van der Waals surface area contributed by atoms with Crippen molar-refractivity contribution in [1.82, 2.24) is 19.8 Å². The van der Waals surface area contributed by atoms with E-state index in [0.29, 0.717) is 40.6 Å². The van der Waals surface area contributed by atoms with Crippen LogP contribution in [0.4, 0.5) is 0 Å². The summed E-state index contributed by atoms with van der Waals surface area (Å²) >= 11 is 2.75. The summed E-state index contributed by atoms with van der Waals surface area (Å²) in [6.45, 7) is 2.93. The van der Waals surface area contributed by atoms with E-state index in [2.05, 4.69) is 5.32 Å². The van der Waals surface area contributed by atoms with Gasteiger partial charge in [0.2, 0.25) is 11.8 Å². The topological polar surface area (TPSA) is 97.4 Å². The lowest BCUT2D eigenvalue weighted by atomic mass is 10.1. The lowest BCUT2D eigenvalue weighted by Crippen LogP contribution is -2.34. The first-order valence-electron chi connectivity index (χ1n) is 11.2. The van der Waals surface area contributed by atoms with Crippen molar-refractivity contribution in [3.8, 4) is 0 Å². The maximum atomic E-state index is 13.6. The van der Waals surface area contributed by atoms with Crippen LogP contribution in [0.2, 0.25) is 0 Å². The van der Waals surface area contributed by atoms with Crippen molar-refractivity contribution >= 4 is 45.1 Å². The highest BCUT2D eigenvalue weighted by Gasteiger charge is 2.27. The Hall–Kier alpha value is -2.59. The number of carbonyl (C=O) groups is 2. The smallest absolute Gasteiger partial charge is 0.263 e. The van der Waals surface area contributed by atoms with Crippen molar-refractivity contribution < 1.29 is 14.0 Å². The van der Waals surface area contributed by atoms with E-state index >= 15 is 0 Å². The van der Waals surface area contributed by atoms with Gasteiger partial charge in [-0.25, -0.2) is 4.98 Å². The van der Waals surface area contributed by atoms with E-state index in [-0.39, 0.29) is 35.7 Å². The molecular weight excluding hydrogens is 460 g/mol. The van der Waals surface area contributed by atoms with E-state index in [1.165, 1.54) is 23.1 Å². The molecule has 0 bridgehead atoms. The van der Waals surface area contributed by atoms with Gasteiger partial charge in [0.15, 0.2) is 5.16 Å². The maximum absolute atomic E-state index is 13.6. The average Bonchev–Trinajstić information content (AvgIpc) is 3.55. The van der Waals surface area contributed by atoms with E-state index in [1.807, 2.05) is 6.07 Å². The van der Waals surface area contributed by atoms with Gasteiger partial charge in [-0.05, 0) is 37.0 Å². The molecule has 1 fully saturated rings. The molecule has 10 heteroatoms. The molecule has 3 aromatic rings. The third-order valence-corrected chi connectivity index (χ3v) is 8.40. The van der Waals surface area contributed by atoms with Gasteiger partial charge in [-0.1, -0.05) is 24.6 Å². The fourth-order valence-electron chi connectivity index (χ4n) is 4.60. The summed E-state index contributed by atoms with van der Waals surface area (Å²) in [5.41, 5.74) is 0.873. The van der Waals surface area contributed by atoms with Gasteiger partial charge in [0.1, 0.15) is 10.6 Å². The van der Waals surface area contributed by atoms with Crippen molar-refractivity contribution in [2.45, 2.75) is 63.3 Å². The molecule has 1 N–H and O–H groups in total. The fraction of sp³-hybridized carbons (Fsp3) is 0.478. The number of furan rings is 1. The number of carbonyl (C=O) groups excluding carboxylic acids is 2. The van der Waals surface area contributed by atoms with Gasteiger partial charge in [0.05, 0.1) is 30.5 Å². The van der Waals surface area contributed by atoms with Gasteiger partial charge in [-0.2, -0.15) is 0 Å². The highest BCUT2D eigenvalue weighted by Crippen LogP contribution is 2.34. The molecule has 2 aliphatic rings. The Bertz CT molecular complexity index is 1240. The highest BCUT2D eigenvalue weighted by atomic mass is 32.2. The predicted octanol–water partition coefficient (Wildman–Crippen LogP) is 3.15. The third kappa shape index (κ3) is 4.59. The Morgan fingerprint density at radius 1 is 1.33 bits per heavy atom. The summed E-state index contributed by atoms with van der Waals surface area (Å²) in [7, 11) is 0. The lowest BCUT2D eigenvalue weighted by molar-refractivity contribution is -0.129. The Morgan fingerprint density at radius 2 is 2.15 bits per heavy atom. The Balaban J connectivity index is 1.47. The van der Waals surface area contributed by atoms with Crippen LogP contribution in [0.1, 0.15) is 48.8 Å². The molecular formula is C23H26N4O4S2. The Morgan fingerprint density at radius 3 is 2.88 bits per heavy atom. The molecule has 33 heavy (non-hydrogen) atoms. The van der Waals surface area contributed by atoms with E-state index in [4.69, 9.17) is 9.40 Å². The van der Waals surface area contributed by atoms with E-state index in [9.17, 15) is 14.4 Å². The van der Waals surface area contributed by atoms with Crippen LogP contribution in [-0.4, -0.2) is 44.6 Å². The van der Waals surface area contributed by atoms with Crippen LogP contribution < -0.4 is 10.9 Å². The normalized spacial score (nSPS) is 16.3. The van der Waals surface area contributed by atoms with Gasteiger partial charge in [-0.3, -0.25) is 19.0 Å². The summed E-state index contributed by atoms with van der Waals surface area (Å²) < 4.78 is 7.10. The van der Waals surface area contributed by atoms with Crippen LogP contribution in [0.3, 0.4) is 0 Å². The van der Waals surface area contributed by atoms with Crippen molar-refractivity contribution in [2.24, 2.45) is 0 Å². The molecule has 0 spiro atoms. The van der Waals surface area contributed by atoms with Gasteiger partial charge in [0, 0.05) is 24.4 Å². The largest absolute Gasteiger partial charge is 0.467 e. The van der Waals surface area contributed by atoms with Crippen LogP contribution >= 0.6 is 23.1 Å². The number of fused-ring (bicyclic) bond motifs is 3. The standard InChI is InChI=1S/C23H26N4O4S2/c1-14(28)26-9-8-17-18(12-26)33-21-20(17)22(30)27(11-16-7-4-10-31-16)23(25-21)32-13-19(29)24-15-5-2-3-6-15/h4,7,10,15H,2-3,5-6,8-9,11-13H2,1H3,(H,24,29). The number of aromatic nitrogens is 2. The molecule has 8 nitrogen and oxygen atoms in total. The van der Waals surface area contributed by atoms with E-state index < -0.39 is 0 Å². The second-order valence-electron chi connectivity index (χ2n) is 8.58. The minimum Gasteiger partial charge on any atom is -0.467 e. The predicted molar refractivity (Wildman–Crippen MR) is 128 cm³/mol. The minimum absolute atomic E-state index is 0.0332. The Labute approximate surface area is 199 Å².